The van der Waals surface area contributed by atoms with Crippen LogP contribution in [0.3, 0.4) is 0 Å². The third kappa shape index (κ3) is 2.80. The van der Waals surface area contributed by atoms with Gasteiger partial charge in [-0.15, -0.1) is 0 Å². The summed E-state index contributed by atoms with van der Waals surface area (Å²) in [6.45, 7) is 4.93. The van der Waals surface area contributed by atoms with Crippen molar-refractivity contribution in [2.24, 2.45) is 0 Å². The third-order valence-corrected chi connectivity index (χ3v) is 1.85. The third-order valence-electron chi connectivity index (χ3n) is 1.85. The Morgan fingerprint density at radius 1 is 1.67 bits per heavy atom. The molecule has 68 valence electrons. The second-order valence-electron chi connectivity index (χ2n) is 3.34. The Bertz CT molecular complexity index is 200. The molecule has 0 saturated carbocycles. The quantitative estimate of drug-likeness (QED) is 0.635. The van der Waals surface area contributed by atoms with Gasteiger partial charge >= 0.3 is 0 Å². The number of allylic oxidation sites excluding steroid dienone is 1. The topological polar surface area (TPSA) is 29.5 Å². The average molecular weight is 168 g/mol. The van der Waals surface area contributed by atoms with E-state index in [1.54, 1.807) is 0 Å². The summed E-state index contributed by atoms with van der Waals surface area (Å²) in [6.07, 6.45) is 5.12. The number of aliphatic hydroxyl groups excluding tert-OH is 1. The highest BCUT2D eigenvalue weighted by molar-refractivity contribution is 5.13. The molecule has 1 heterocycles. The minimum Gasteiger partial charge on any atom is -0.392 e. The molecule has 1 atom stereocenters. The summed E-state index contributed by atoms with van der Waals surface area (Å²) in [6, 6.07) is 0. The van der Waals surface area contributed by atoms with Crippen molar-refractivity contribution in [1.29, 1.82) is 0 Å². The zero-order valence-electron chi connectivity index (χ0n) is 7.71. The summed E-state index contributed by atoms with van der Waals surface area (Å²) in [5.74, 6) is 0. The standard InChI is InChI=1S/C10H16O2/c1-8(2)5-10-6-9(3-4-11)7-12-10/h3,5,10-11H,4,6-7H2,1-2H3/b9-3+. The summed E-state index contributed by atoms with van der Waals surface area (Å²) >= 11 is 0. The molecule has 1 fully saturated rings. The molecule has 0 amide bonds. The number of hydrogen-bond donors (Lipinski definition) is 1. The van der Waals surface area contributed by atoms with Crippen LogP contribution in [0, 0.1) is 0 Å². The monoisotopic (exact) mass is 168 g/mol. The number of rotatable bonds is 2. The molecule has 0 aliphatic carbocycles. The predicted octanol–water partition coefficient (Wildman–Crippen LogP) is 1.66. The van der Waals surface area contributed by atoms with Crippen molar-refractivity contribution in [2.45, 2.75) is 26.4 Å². The molecule has 0 aromatic rings. The molecule has 1 unspecified atom stereocenters. The largest absolute Gasteiger partial charge is 0.392 e. The second kappa shape index (κ2) is 4.43. The molecule has 0 radical (unpaired) electrons. The SMILES string of the molecule is CC(C)=CC1C/C(=C\CO)CO1. The summed E-state index contributed by atoms with van der Waals surface area (Å²) in [7, 11) is 0. The molecule has 2 heteroatoms. The number of ether oxygens (including phenoxy) is 1. The van der Waals surface area contributed by atoms with Gasteiger partial charge in [-0.25, -0.2) is 0 Å². The van der Waals surface area contributed by atoms with Gasteiger partial charge in [0.25, 0.3) is 0 Å². The fourth-order valence-electron chi connectivity index (χ4n) is 1.34. The van der Waals surface area contributed by atoms with Gasteiger partial charge < -0.3 is 9.84 Å². The van der Waals surface area contributed by atoms with E-state index in [1.165, 1.54) is 11.1 Å². The van der Waals surface area contributed by atoms with Crippen molar-refractivity contribution in [3.8, 4) is 0 Å². The fraction of sp³-hybridized carbons (Fsp3) is 0.600. The van der Waals surface area contributed by atoms with Gasteiger partial charge in [-0.1, -0.05) is 17.7 Å². The Morgan fingerprint density at radius 3 is 3.00 bits per heavy atom. The molecule has 1 N–H and O–H groups in total. The molecular weight excluding hydrogens is 152 g/mol. The molecule has 0 bridgehead atoms. The summed E-state index contributed by atoms with van der Waals surface area (Å²) in [5, 5.41) is 8.65. The van der Waals surface area contributed by atoms with E-state index in [9.17, 15) is 0 Å². The lowest BCUT2D eigenvalue weighted by molar-refractivity contribution is 0.149. The van der Waals surface area contributed by atoms with Gasteiger partial charge in [0.2, 0.25) is 0 Å². The minimum atomic E-state index is 0.125. The van der Waals surface area contributed by atoms with Gasteiger partial charge in [-0.3, -0.25) is 0 Å². The Balaban J connectivity index is 2.46. The van der Waals surface area contributed by atoms with Crippen LogP contribution in [0.25, 0.3) is 0 Å². The Labute approximate surface area is 73.5 Å². The van der Waals surface area contributed by atoms with Crippen molar-refractivity contribution in [2.75, 3.05) is 13.2 Å². The van der Waals surface area contributed by atoms with Crippen LogP contribution in [-0.2, 0) is 4.74 Å². The van der Waals surface area contributed by atoms with Gasteiger partial charge in [0, 0.05) is 6.42 Å². The molecule has 0 aromatic carbocycles. The van der Waals surface area contributed by atoms with Crippen LogP contribution in [0.2, 0.25) is 0 Å². The van der Waals surface area contributed by atoms with E-state index in [4.69, 9.17) is 9.84 Å². The molecule has 1 rings (SSSR count). The zero-order valence-corrected chi connectivity index (χ0v) is 7.71. The summed E-state index contributed by atoms with van der Waals surface area (Å²) in [4.78, 5) is 0. The van der Waals surface area contributed by atoms with Crippen LogP contribution in [-0.4, -0.2) is 24.4 Å². The van der Waals surface area contributed by atoms with Gasteiger partial charge in [0.15, 0.2) is 0 Å². The van der Waals surface area contributed by atoms with Gasteiger partial charge in [-0.2, -0.15) is 0 Å². The molecule has 1 aliphatic rings. The zero-order chi connectivity index (χ0) is 8.97. The van der Waals surface area contributed by atoms with Crippen LogP contribution >= 0.6 is 0 Å². The molecule has 0 aromatic heterocycles. The maximum Gasteiger partial charge on any atom is 0.0800 e. The Hall–Kier alpha value is -0.600. The van der Waals surface area contributed by atoms with Crippen molar-refractivity contribution < 1.29 is 9.84 Å². The van der Waals surface area contributed by atoms with Crippen LogP contribution < -0.4 is 0 Å². The first-order valence-corrected chi connectivity index (χ1v) is 4.27. The predicted molar refractivity (Wildman–Crippen MR) is 49.0 cm³/mol. The highest BCUT2D eigenvalue weighted by atomic mass is 16.5. The van der Waals surface area contributed by atoms with Crippen LogP contribution in [0.4, 0.5) is 0 Å². The molecule has 2 nitrogen and oxygen atoms in total. The Morgan fingerprint density at radius 2 is 2.42 bits per heavy atom. The highest BCUT2D eigenvalue weighted by Crippen LogP contribution is 2.20. The number of aliphatic hydroxyl groups is 1. The van der Waals surface area contributed by atoms with Crippen LogP contribution in [0.5, 0.6) is 0 Å². The first kappa shape index (κ1) is 9.49. The van der Waals surface area contributed by atoms with Gasteiger partial charge in [0.05, 0.1) is 19.3 Å². The minimum absolute atomic E-state index is 0.125. The lowest BCUT2D eigenvalue weighted by Gasteiger charge is -2.01. The van der Waals surface area contributed by atoms with E-state index in [1.807, 2.05) is 6.08 Å². The fourth-order valence-corrected chi connectivity index (χ4v) is 1.34. The van der Waals surface area contributed by atoms with Crippen LogP contribution in [0.15, 0.2) is 23.3 Å². The normalized spacial score (nSPS) is 26.2. The van der Waals surface area contributed by atoms with E-state index < -0.39 is 0 Å². The van der Waals surface area contributed by atoms with Crippen LogP contribution in [0.1, 0.15) is 20.3 Å². The molecule has 12 heavy (non-hydrogen) atoms. The molecule has 1 saturated heterocycles. The first-order valence-electron chi connectivity index (χ1n) is 4.27. The van der Waals surface area contributed by atoms with E-state index in [-0.39, 0.29) is 12.7 Å². The highest BCUT2D eigenvalue weighted by Gasteiger charge is 2.16. The van der Waals surface area contributed by atoms with Crippen molar-refractivity contribution in [3.05, 3.63) is 23.3 Å². The lowest BCUT2D eigenvalue weighted by Crippen LogP contribution is -1.99. The molecular formula is C10H16O2. The van der Waals surface area contributed by atoms with Crippen molar-refractivity contribution in [1.82, 2.24) is 0 Å². The number of hydrogen-bond acceptors (Lipinski definition) is 2. The molecule has 1 aliphatic heterocycles. The van der Waals surface area contributed by atoms with E-state index in [2.05, 4.69) is 19.9 Å². The second-order valence-corrected chi connectivity index (χ2v) is 3.34. The van der Waals surface area contributed by atoms with Crippen molar-refractivity contribution in [3.63, 3.8) is 0 Å². The average Bonchev–Trinajstić information content (AvgIpc) is 2.36. The van der Waals surface area contributed by atoms with E-state index >= 15 is 0 Å². The molecule has 0 spiro atoms. The maximum atomic E-state index is 8.65. The summed E-state index contributed by atoms with van der Waals surface area (Å²) in [5.41, 5.74) is 2.49. The first-order chi connectivity index (χ1) is 5.72. The lowest BCUT2D eigenvalue weighted by atomic mass is 10.1. The summed E-state index contributed by atoms with van der Waals surface area (Å²) < 4.78 is 5.47. The Kier molecular flexibility index (Phi) is 3.50. The van der Waals surface area contributed by atoms with Gasteiger partial charge in [-0.05, 0) is 19.4 Å². The van der Waals surface area contributed by atoms with E-state index in [0.717, 1.165) is 6.42 Å². The smallest absolute Gasteiger partial charge is 0.0800 e. The van der Waals surface area contributed by atoms with Gasteiger partial charge in [0.1, 0.15) is 0 Å². The maximum absolute atomic E-state index is 8.65. The van der Waals surface area contributed by atoms with E-state index in [0.29, 0.717) is 6.61 Å². The van der Waals surface area contributed by atoms with Crippen molar-refractivity contribution >= 4 is 0 Å².